The van der Waals surface area contributed by atoms with E-state index in [1.807, 2.05) is 0 Å². The van der Waals surface area contributed by atoms with Crippen LogP contribution in [0.3, 0.4) is 0 Å². The lowest BCUT2D eigenvalue weighted by Crippen LogP contribution is -2.40. The van der Waals surface area contributed by atoms with Crippen molar-refractivity contribution >= 4 is 23.5 Å². The van der Waals surface area contributed by atoms with Crippen molar-refractivity contribution in [2.75, 3.05) is 33.8 Å². The maximum atomic E-state index is 12.8. The molecule has 2 N–H and O–H groups in total. The summed E-state index contributed by atoms with van der Waals surface area (Å²) in [5, 5.41) is 5.23. The topological polar surface area (TPSA) is 112 Å². The number of hydrogen-bond donors (Lipinski definition) is 2. The third kappa shape index (κ3) is 4.13. The van der Waals surface area contributed by atoms with Gasteiger partial charge in [0.15, 0.2) is 11.5 Å². The molecule has 9 nitrogen and oxygen atoms in total. The minimum absolute atomic E-state index is 0.113. The average molecular weight is 378 g/mol. The molecule has 0 spiro atoms. The highest BCUT2D eigenvalue weighted by Crippen LogP contribution is 2.40. The lowest BCUT2D eigenvalue weighted by molar-refractivity contribution is -0.139. The van der Waals surface area contributed by atoms with Gasteiger partial charge in [-0.2, -0.15) is 0 Å². The smallest absolute Gasteiger partial charge is 0.336 e. The van der Waals surface area contributed by atoms with Gasteiger partial charge >= 0.3 is 5.97 Å². The minimum Gasteiger partial charge on any atom is -0.493 e. The third-order valence-corrected chi connectivity index (χ3v) is 4.12. The van der Waals surface area contributed by atoms with Crippen LogP contribution in [0.25, 0.3) is 0 Å². The van der Waals surface area contributed by atoms with Gasteiger partial charge in [-0.25, -0.2) is 4.79 Å². The van der Waals surface area contributed by atoms with E-state index in [0.717, 1.165) is 0 Å². The lowest BCUT2D eigenvalue weighted by Gasteiger charge is -2.25. The second-order valence-electron chi connectivity index (χ2n) is 5.74. The van der Waals surface area contributed by atoms with E-state index in [-0.39, 0.29) is 17.9 Å². The zero-order chi connectivity index (χ0) is 20.1. The van der Waals surface area contributed by atoms with Gasteiger partial charge in [-0.3, -0.25) is 9.59 Å². The summed E-state index contributed by atoms with van der Waals surface area (Å²) >= 11 is 0. The molecule has 0 aromatic heterocycles. The molecule has 0 saturated carbocycles. The van der Waals surface area contributed by atoms with Gasteiger partial charge in [0, 0.05) is 29.9 Å². The first kappa shape index (κ1) is 20.1. The van der Waals surface area contributed by atoms with Crippen LogP contribution in [0.1, 0.15) is 13.3 Å². The Balaban J connectivity index is 2.36. The Morgan fingerprint density at radius 2 is 1.67 bits per heavy atom. The van der Waals surface area contributed by atoms with Gasteiger partial charge in [0.1, 0.15) is 0 Å². The number of esters is 1. The quantitative estimate of drug-likeness (QED) is 0.716. The largest absolute Gasteiger partial charge is 0.493 e. The Labute approximate surface area is 156 Å². The molecule has 0 saturated heterocycles. The predicted octanol–water partition coefficient (Wildman–Crippen LogP) is 1.23. The van der Waals surface area contributed by atoms with Gasteiger partial charge in [0.05, 0.1) is 39.9 Å². The molecule has 146 valence electrons. The molecule has 1 aromatic rings. The number of anilines is 1. The molecule has 0 fully saturated rings. The van der Waals surface area contributed by atoms with Crippen molar-refractivity contribution in [3.05, 3.63) is 23.4 Å². The van der Waals surface area contributed by atoms with Crippen molar-refractivity contribution < 1.29 is 33.3 Å². The first-order chi connectivity index (χ1) is 12.9. The Morgan fingerprint density at radius 3 is 2.15 bits per heavy atom. The second-order valence-corrected chi connectivity index (χ2v) is 5.74. The summed E-state index contributed by atoms with van der Waals surface area (Å²) in [6, 6.07) is 3.10. The van der Waals surface area contributed by atoms with Crippen LogP contribution in [0.4, 0.5) is 5.69 Å². The van der Waals surface area contributed by atoms with Crippen LogP contribution in [-0.4, -0.2) is 46.2 Å². The van der Waals surface area contributed by atoms with Crippen molar-refractivity contribution in [3.8, 4) is 17.2 Å². The number of carbonyl (C=O) groups is 3. The van der Waals surface area contributed by atoms with E-state index in [0.29, 0.717) is 28.6 Å². The maximum absolute atomic E-state index is 12.8. The van der Waals surface area contributed by atoms with E-state index in [1.165, 1.54) is 28.4 Å². The van der Waals surface area contributed by atoms with Crippen LogP contribution >= 0.6 is 0 Å². The number of nitrogens with one attached hydrogen (secondary N) is 2. The van der Waals surface area contributed by atoms with Crippen LogP contribution in [0.5, 0.6) is 17.2 Å². The number of carbonyl (C=O) groups excluding carboxylic acids is 3. The molecule has 9 heteroatoms. The van der Waals surface area contributed by atoms with Crippen LogP contribution in [0.15, 0.2) is 23.4 Å². The van der Waals surface area contributed by atoms with E-state index in [4.69, 9.17) is 18.9 Å². The molecular formula is C18H22N2O7. The Kier molecular flexibility index (Phi) is 6.27. The molecular weight excluding hydrogens is 356 g/mol. The lowest BCUT2D eigenvalue weighted by atomic mass is 9.89. The predicted molar refractivity (Wildman–Crippen MR) is 95.7 cm³/mol. The maximum Gasteiger partial charge on any atom is 0.336 e. The van der Waals surface area contributed by atoms with Gasteiger partial charge < -0.3 is 29.6 Å². The first-order valence-electron chi connectivity index (χ1n) is 8.06. The van der Waals surface area contributed by atoms with Crippen LogP contribution in [0, 0.1) is 5.92 Å². The number of allylic oxidation sites excluding steroid dienone is 1. The van der Waals surface area contributed by atoms with Crippen molar-refractivity contribution in [3.63, 3.8) is 0 Å². The summed E-state index contributed by atoms with van der Waals surface area (Å²) < 4.78 is 20.5. The normalized spacial score (nSPS) is 16.3. The molecule has 0 aliphatic carbocycles. The van der Waals surface area contributed by atoms with Gasteiger partial charge in [0.25, 0.3) is 0 Å². The highest BCUT2D eigenvalue weighted by Gasteiger charge is 2.36. The first-order valence-corrected chi connectivity index (χ1v) is 8.06. The number of hydrogen-bond acceptors (Lipinski definition) is 7. The van der Waals surface area contributed by atoms with E-state index in [9.17, 15) is 14.4 Å². The van der Waals surface area contributed by atoms with Crippen molar-refractivity contribution in [2.24, 2.45) is 5.92 Å². The fraction of sp³-hybridized carbons (Fsp3) is 0.389. The monoisotopic (exact) mass is 378 g/mol. The zero-order valence-electron chi connectivity index (χ0n) is 15.8. The number of amides is 2. The SMILES string of the molecule is COC(=O)C1=C(C)NC(=O)CC1C(=O)Nc1cc(OC)c(OC)c(OC)c1. The summed E-state index contributed by atoms with van der Waals surface area (Å²) in [7, 11) is 5.59. The molecule has 1 aromatic carbocycles. The van der Waals surface area contributed by atoms with Crippen molar-refractivity contribution in [1.29, 1.82) is 0 Å². The number of rotatable bonds is 6. The van der Waals surface area contributed by atoms with Gasteiger partial charge in [-0.1, -0.05) is 0 Å². The molecule has 0 radical (unpaired) electrons. The van der Waals surface area contributed by atoms with E-state index in [2.05, 4.69) is 10.6 Å². The molecule has 1 aliphatic rings. The Bertz CT molecular complexity index is 776. The molecule has 27 heavy (non-hydrogen) atoms. The van der Waals surface area contributed by atoms with Gasteiger partial charge in [-0.05, 0) is 6.92 Å². The Morgan fingerprint density at radius 1 is 1.07 bits per heavy atom. The van der Waals surface area contributed by atoms with Crippen LogP contribution in [-0.2, 0) is 19.1 Å². The van der Waals surface area contributed by atoms with E-state index >= 15 is 0 Å². The number of benzene rings is 1. The summed E-state index contributed by atoms with van der Waals surface area (Å²) in [4.78, 5) is 36.7. The average Bonchev–Trinajstić information content (AvgIpc) is 2.65. The molecule has 1 unspecified atom stereocenters. The molecule has 1 atom stereocenters. The zero-order valence-corrected chi connectivity index (χ0v) is 15.8. The molecule has 2 amide bonds. The fourth-order valence-corrected chi connectivity index (χ4v) is 2.89. The summed E-state index contributed by atoms with van der Waals surface area (Å²) in [6.07, 6.45) is -0.169. The molecule has 0 bridgehead atoms. The summed E-state index contributed by atoms with van der Waals surface area (Å²) in [6.45, 7) is 1.54. The fourth-order valence-electron chi connectivity index (χ4n) is 2.89. The number of methoxy groups -OCH3 is 4. The minimum atomic E-state index is -0.981. The highest BCUT2D eigenvalue weighted by atomic mass is 16.5. The third-order valence-electron chi connectivity index (χ3n) is 4.12. The van der Waals surface area contributed by atoms with Crippen molar-refractivity contribution in [2.45, 2.75) is 13.3 Å². The molecule has 2 rings (SSSR count). The summed E-state index contributed by atoms with van der Waals surface area (Å²) in [5.41, 5.74) is 0.771. The summed E-state index contributed by atoms with van der Waals surface area (Å²) in [5.74, 6) is -1.45. The van der Waals surface area contributed by atoms with E-state index in [1.54, 1.807) is 19.1 Å². The molecule has 1 aliphatic heterocycles. The van der Waals surface area contributed by atoms with Gasteiger partial charge in [-0.15, -0.1) is 0 Å². The standard InChI is InChI=1S/C18H22N2O7/c1-9-15(18(23)27-5)11(8-14(21)19-9)17(22)20-10-6-12(24-2)16(26-4)13(7-10)25-3/h6-7,11H,8H2,1-5H3,(H,19,21)(H,20,22). The highest BCUT2D eigenvalue weighted by molar-refractivity contribution is 6.06. The van der Waals surface area contributed by atoms with Gasteiger partial charge in [0.2, 0.25) is 17.6 Å². The van der Waals surface area contributed by atoms with Crippen LogP contribution < -0.4 is 24.8 Å². The Hall–Kier alpha value is -3.23. The number of ether oxygens (including phenoxy) is 4. The second kappa shape index (κ2) is 8.43. The molecule has 1 heterocycles. The van der Waals surface area contributed by atoms with E-state index < -0.39 is 17.8 Å². The van der Waals surface area contributed by atoms with Crippen molar-refractivity contribution in [1.82, 2.24) is 5.32 Å². The van der Waals surface area contributed by atoms with Crippen LogP contribution in [0.2, 0.25) is 0 Å².